The zero-order chi connectivity index (χ0) is 23.8. The zero-order valence-corrected chi connectivity index (χ0v) is 21.1. The molecule has 2 unspecified atom stereocenters. The molecule has 0 saturated heterocycles. The Morgan fingerprint density at radius 2 is 1.35 bits per heavy atom. The van der Waals surface area contributed by atoms with E-state index in [0.717, 1.165) is 12.8 Å². The van der Waals surface area contributed by atoms with Crippen LogP contribution in [0.1, 0.15) is 63.1 Å². The number of hydrogen-bond acceptors (Lipinski definition) is 0. The molecule has 0 saturated carbocycles. The van der Waals surface area contributed by atoms with E-state index in [0.29, 0.717) is 5.92 Å². The maximum atomic E-state index is 2.50. The van der Waals surface area contributed by atoms with Crippen molar-refractivity contribution < 1.29 is 0 Å². The normalized spacial score (nSPS) is 14.2. The van der Waals surface area contributed by atoms with Gasteiger partial charge in [-0.3, -0.25) is 0 Å². The van der Waals surface area contributed by atoms with Crippen LogP contribution in [0.2, 0.25) is 0 Å². The van der Waals surface area contributed by atoms with Gasteiger partial charge < -0.3 is 0 Å². The van der Waals surface area contributed by atoms with E-state index in [9.17, 15) is 0 Å². The second-order valence-corrected chi connectivity index (χ2v) is 10.3. The van der Waals surface area contributed by atoms with Gasteiger partial charge in [0.15, 0.2) is 0 Å². The van der Waals surface area contributed by atoms with Gasteiger partial charge in [-0.15, -0.1) is 0 Å². The maximum absolute atomic E-state index is 2.50. The van der Waals surface area contributed by atoms with Gasteiger partial charge in [-0.05, 0) is 65.0 Å². The fourth-order valence-electron chi connectivity index (χ4n) is 5.47. The Morgan fingerprint density at radius 3 is 2.03 bits per heavy atom. The summed E-state index contributed by atoms with van der Waals surface area (Å²) in [5, 5.41) is 2.66. The summed E-state index contributed by atoms with van der Waals surface area (Å²) in [5.74, 6) is 2.32. The lowest BCUT2D eigenvalue weighted by atomic mass is 9.63. The average molecular weight is 448 g/mol. The Bertz CT molecular complexity index is 1140. The molecule has 1 radical (unpaired) electrons. The highest BCUT2D eigenvalue weighted by molar-refractivity contribution is 5.83. The SMILES string of the molecule is CCCC[C](CC(C)Cc1ccccc1)C(C)(Cc1ccccc1)c1ccc2ccccc2c1. The van der Waals surface area contributed by atoms with Crippen LogP contribution in [0.3, 0.4) is 0 Å². The summed E-state index contributed by atoms with van der Waals surface area (Å²) in [5.41, 5.74) is 4.32. The first-order chi connectivity index (χ1) is 16.6. The van der Waals surface area contributed by atoms with Gasteiger partial charge in [0.25, 0.3) is 0 Å². The molecule has 0 spiro atoms. The van der Waals surface area contributed by atoms with Gasteiger partial charge in [-0.1, -0.05) is 137 Å². The van der Waals surface area contributed by atoms with Crippen LogP contribution in [0.5, 0.6) is 0 Å². The summed E-state index contributed by atoms with van der Waals surface area (Å²) in [4.78, 5) is 0. The molecule has 0 nitrogen and oxygen atoms in total. The zero-order valence-electron chi connectivity index (χ0n) is 21.1. The lowest BCUT2D eigenvalue weighted by Crippen LogP contribution is -2.34. The first-order valence-corrected chi connectivity index (χ1v) is 13.0. The third-order valence-corrected chi connectivity index (χ3v) is 7.42. The molecule has 4 rings (SSSR count). The van der Waals surface area contributed by atoms with Gasteiger partial charge in [0.1, 0.15) is 0 Å². The summed E-state index contributed by atoms with van der Waals surface area (Å²) >= 11 is 0. The van der Waals surface area contributed by atoms with Crippen LogP contribution in [0.15, 0.2) is 103 Å². The summed E-state index contributed by atoms with van der Waals surface area (Å²) in [6, 6.07) is 38.0. The van der Waals surface area contributed by atoms with Gasteiger partial charge in [-0.2, -0.15) is 0 Å². The molecule has 0 aliphatic heterocycles. The second-order valence-electron chi connectivity index (χ2n) is 10.3. The van der Waals surface area contributed by atoms with Crippen LogP contribution < -0.4 is 0 Å². The minimum absolute atomic E-state index is 0.00546. The highest BCUT2D eigenvalue weighted by Crippen LogP contribution is 2.44. The molecule has 4 aromatic rings. The quantitative estimate of drug-likeness (QED) is 0.215. The summed E-state index contributed by atoms with van der Waals surface area (Å²) in [6.07, 6.45) is 7.04. The monoisotopic (exact) mass is 447 g/mol. The molecule has 0 bridgehead atoms. The molecule has 0 aliphatic rings. The van der Waals surface area contributed by atoms with Crippen LogP contribution in [-0.2, 0) is 18.3 Å². The van der Waals surface area contributed by atoms with Crippen molar-refractivity contribution in [1.82, 2.24) is 0 Å². The molecular weight excluding hydrogens is 408 g/mol. The van der Waals surface area contributed by atoms with Crippen LogP contribution in [-0.4, -0.2) is 0 Å². The number of rotatable bonds is 11. The van der Waals surface area contributed by atoms with E-state index >= 15 is 0 Å². The molecule has 175 valence electrons. The Balaban J connectivity index is 1.70. The van der Waals surface area contributed by atoms with Crippen molar-refractivity contribution in [3.05, 3.63) is 126 Å². The van der Waals surface area contributed by atoms with Gasteiger partial charge in [0.05, 0.1) is 0 Å². The number of unbranched alkanes of at least 4 members (excludes halogenated alkanes) is 1. The summed E-state index contributed by atoms with van der Waals surface area (Å²) in [6.45, 7) is 7.25. The smallest absolute Gasteiger partial charge is 0.00274 e. The van der Waals surface area contributed by atoms with Crippen molar-refractivity contribution in [2.75, 3.05) is 0 Å². The number of fused-ring (bicyclic) bond motifs is 1. The molecule has 4 aromatic carbocycles. The topological polar surface area (TPSA) is 0 Å². The molecule has 0 fully saturated rings. The highest BCUT2D eigenvalue weighted by atomic mass is 14.4. The first-order valence-electron chi connectivity index (χ1n) is 13.0. The van der Waals surface area contributed by atoms with E-state index in [1.165, 1.54) is 53.1 Å². The van der Waals surface area contributed by atoms with Crippen molar-refractivity contribution >= 4 is 10.8 Å². The predicted octanol–water partition coefficient (Wildman–Crippen LogP) is 9.37. The molecule has 0 heteroatoms. The van der Waals surface area contributed by atoms with E-state index in [2.05, 4.69) is 124 Å². The van der Waals surface area contributed by atoms with Gasteiger partial charge in [0.2, 0.25) is 0 Å². The molecule has 2 atom stereocenters. The highest BCUT2D eigenvalue weighted by Gasteiger charge is 2.37. The Hall–Kier alpha value is -2.86. The summed E-state index contributed by atoms with van der Waals surface area (Å²) < 4.78 is 0. The minimum atomic E-state index is 0.00546. The van der Waals surface area contributed by atoms with Gasteiger partial charge >= 0.3 is 0 Å². The van der Waals surface area contributed by atoms with Crippen molar-refractivity contribution in [2.45, 2.75) is 64.7 Å². The molecule has 34 heavy (non-hydrogen) atoms. The Kier molecular flexibility index (Phi) is 8.22. The van der Waals surface area contributed by atoms with Crippen LogP contribution in [0.4, 0.5) is 0 Å². The third-order valence-electron chi connectivity index (χ3n) is 7.42. The average Bonchev–Trinajstić information content (AvgIpc) is 2.87. The van der Waals surface area contributed by atoms with E-state index < -0.39 is 0 Å². The van der Waals surface area contributed by atoms with Crippen molar-refractivity contribution in [1.29, 1.82) is 0 Å². The largest absolute Gasteiger partial charge is 0.0654 e. The molecule has 0 amide bonds. The minimum Gasteiger partial charge on any atom is -0.0654 e. The number of hydrogen-bond donors (Lipinski definition) is 0. The van der Waals surface area contributed by atoms with Gasteiger partial charge in [-0.25, -0.2) is 0 Å². The Labute approximate surface area is 207 Å². The van der Waals surface area contributed by atoms with Crippen LogP contribution in [0, 0.1) is 11.8 Å². The molecule has 0 heterocycles. The number of benzene rings is 4. The van der Waals surface area contributed by atoms with Crippen molar-refractivity contribution in [3.63, 3.8) is 0 Å². The van der Waals surface area contributed by atoms with Crippen molar-refractivity contribution in [2.24, 2.45) is 5.92 Å². The van der Waals surface area contributed by atoms with Crippen molar-refractivity contribution in [3.8, 4) is 0 Å². The van der Waals surface area contributed by atoms with E-state index in [4.69, 9.17) is 0 Å². The maximum Gasteiger partial charge on any atom is 0.00274 e. The Morgan fingerprint density at radius 1 is 0.735 bits per heavy atom. The third kappa shape index (κ3) is 5.98. The fourth-order valence-corrected chi connectivity index (χ4v) is 5.47. The summed E-state index contributed by atoms with van der Waals surface area (Å²) in [7, 11) is 0. The second kappa shape index (κ2) is 11.5. The van der Waals surface area contributed by atoms with E-state index in [1.807, 2.05) is 0 Å². The van der Waals surface area contributed by atoms with E-state index in [1.54, 1.807) is 5.92 Å². The predicted molar refractivity (Wildman–Crippen MR) is 148 cm³/mol. The first kappa shape index (κ1) is 24.3. The lowest BCUT2D eigenvalue weighted by molar-refractivity contribution is 0.380. The standard InChI is InChI=1S/C34H39/c1-4-5-20-32(24-27(2)23-28-14-8-6-9-15-28)34(3,26-29-16-10-7-11-17-29)33-22-21-30-18-12-13-19-31(30)25-33/h6-19,21-22,25,27H,4-5,20,23-24,26H2,1-3H3. The molecule has 0 N–H and O–H groups in total. The van der Waals surface area contributed by atoms with Crippen LogP contribution >= 0.6 is 0 Å². The van der Waals surface area contributed by atoms with Gasteiger partial charge in [0, 0.05) is 5.41 Å². The molecular formula is C34H39. The molecule has 0 aromatic heterocycles. The van der Waals surface area contributed by atoms with Crippen LogP contribution in [0.25, 0.3) is 10.8 Å². The fraction of sp³-hybridized carbons (Fsp3) is 0.324. The lowest BCUT2D eigenvalue weighted by Gasteiger charge is -2.40. The van der Waals surface area contributed by atoms with E-state index in [-0.39, 0.29) is 5.41 Å². The molecule has 0 aliphatic carbocycles.